The van der Waals surface area contributed by atoms with Gasteiger partial charge in [0, 0.05) is 12.1 Å². The number of cyclic esters (lactones) is 1. The normalized spacial score (nSPS) is 15.7. The molecule has 0 aliphatic carbocycles. The average molecular weight is 365 g/mol. The minimum atomic E-state index is -0.981. The first-order chi connectivity index (χ1) is 13.1. The Labute approximate surface area is 155 Å². The lowest BCUT2D eigenvalue weighted by atomic mass is 9.98. The van der Waals surface area contributed by atoms with Crippen molar-refractivity contribution in [1.29, 1.82) is 0 Å². The minimum Gasteiger partial charge on any atom is -0.467 e. The van der Waals surface area contributed by atoms with Crippen LogP contribution in [-0.2, 0) is 22.5 Å². The predicted molar refractivity (Wildman–Crippen MR) is 95.6 cm³/mol. The second-order valence-electron chi connectivity index (χ2n) is 6.24. The molecule has 5 nitrogen and oxygen atoms in total. The van der Waals surface area contributed by atoms with Gasteiger partial charge in [-0.2, -0.15) is 0 Å². The number of benzene rings is 2. The quantitative estimate of drug-likeness (QED) is 0.661. The molecule has 6 heteroatoms. The SMILES string of the molecule is O=C1OC(C(=O)N(Cc2ccco2)c2cccc(F)c2)Cc2ccccc21. The van der Waals surface area contributed by atoms with E-state index in [1.165, 1.54) is 29.4 Å². The molecule has 0 N–H and O–H groups in total. The fraction of sp³-hybridized carbons (Fsp3) is 0.143. The van der Waals surface area contributed by atoms with Crippen LogP contribution in [0.3, 0.4) is 0 Å². The van der Waals surface area contributed by atoms with E-state index in [1.807, 2.05) is 6.07 Å². The Kier molecular flexibility index (Phi) is 4.46. The van der Waals surface area contributed by atoms with Gasteiger partial charge in [0.05, 0.1) is 18.4 Å². The Morgan fingerprint density at radius 1 is 1.11 bits per heavy atom. The van der Waals surface area contributed by atoms with Crippen molar-refractivity contribution in [1.82, 2.24) is 0 Å². The van der Waals surface area contributed by atoms with Gasteiger partial charge in [-0.3, -0.25) is 4.79 Å². The van der Waals surface area contributed by atoms with Crippen LogP contribution in [-0.4, -0.2) is 18.0 Å². The zero-order chi connectivity index (χ0) is 18.8. The molecule has 0 radical (unpaired) electrons. The molecule has 3 aromatic rings. The molecule has 0 bridgehead atoms. The summed E-state index contributed by atoms with van der Waals surface area (Å²) in [4.78, 5) is 26.8. The van der Waals surface area contributed by atoms with Gasteiger partial charge in [-0.25, -0.2) is 9.18 Å². The van der Waals surface area contributed by atoms with Gasteiger partial charge in [-0.15, -0.1) is 0 Å². The van der Waals surface area contributed by atoms with Crippen LogP contribution in [0.15, 0.2) is 71.3 Å². The largest absolute Gasteiger partial charge is 0.467 e. The zero-order valence-electron chi connectivity index (χ0n) is 14.3. The molecule has 0 spiro atoms. The van der Waals surface area contributed by atoms with Crippen LogP contribution in [0.2, 0.25) is 0 Å². The van der Waals surface area contributed by atoms with Gasteiger partial charge < -0.3 is 14.1 Å². The highest BCUT2D eigenvalue weighted by Gasteiger charge is 2.34. The maximum Gasteiger partial charge on any atom is 0.339 e. The standard InChI is InChI=1S/C21H16FNO4/c22-15-6-3-7-16(12-15)23(13-17-8-4-10-26-17)20(24)19-11-14-5-1-2-9-18(14)21(25)27-19/h1-10,12,19H,11,13H2. The molecule has 1 atom stereocenters. The first-order valence-corrected chi connectivity index (χ1v) is 8.50. The molecule has 2 heterocycles. The Morgan fingerprint density at radius 3 is 2.74 bits per heavy atom. The van der Waals surface area contributed by atoms with Crippen molar-refractivity contribution in [3.05, 3.63) is 89.6 Å². The number of rotatable bonds is 4. The lowest BCUT2D eigenvalue weighted by Crippen LogP contribution is -2.44. The van der Waals surface area contributed by atoms with Crippen molar-refractivity contribution >= 4 is 17.6 Å². The number of hydrogen-bond donors (Lipinski definition) is 0. The number of furan rings is 1. The second-order valence-corrected chi connectivity index (χ2v) is 6.24. The number of ether oxygens (including phenoxy) is 1. The van der Waals surface area contributed by atoms with Gasteiger partial charge >= 0.3 is 5.97 Å². The maximum absolute atomic E-state index is 13.7. The molecule has 1 aromatic heterocycles. The third-order valence-electron chi connectivity index (χ3n) is 4.45. The Balaban J connectivity index is 1.65. The van der Waals surface area contributed by atoms with Crippen molar-refractivity contribution < 1.29 is 23.1 Å². The Bertz CT molecular complexity index is 983. The van der Waals surface area contributed by atoms with Crippen LogP contribution in [0.25, 0.3) is 0 Å². The summed E-state index contributed by atoms with van der Waals surface area (Å²) in [7, 11) is 0. The molecule has 4 rings (SSSR count). The minimum absolute atomic E-state index is 0.102. The monoisotopic (exact) mass is 365 g/mol. The van der Waals surface area contributed by atoms with Gasteiger partial charge in [0.2, 0.25) is 0 Å². The van der Waals surface area contributed by atoms with Gasteiger partial charge in [0.25, 0.3) is 5.91 Å². The molecule has 136 valence electrons. The molecule has 27 heavy (non-hydrogen) atoms. The smallest absolute Gasteiger partial charge is 0.339 e. The number of amides is 1. The van der Waals surface area contributed by atoms with E-state index in [4.69, 9.17) is 9.15 Å². The molecular formula is C21H16FNO4. The summed E-state index contributed by atoms with van der Waals surface area (Å²) >= 11 is 0. The highest BCUT2D eigenvalue weighted by molar-refractivity contribution is 6.01. The third-order valence-corrected chi connectivity index (χ3v) is 4.45. The molecule has 0 saturated carbocycles. The van der Waals surface area contributed by atoms with E-state index < -0.39 is 23.8 Å². The predicted octanol–water partition coefficient (Wildman–Crippen LogP) is 3.73. The van der Waals surface area contributed by atoms with Gasteiger partial charge in [0.15, 0.2) is 6.10 Å². The number of nitrogens with zero attached hydrogens (tertiary/aromatic N) is 1. The van der Waals surface area contributed by atoms with Crippen LogP contribution in [0, 0.1) is 5.82 Å². The topological polar surface area (TPSA) is 59.8 Å². The van der Waals surface area contributed by atoms with Crippen molar-refractivity contribution in [2.45, 2.75) is 19.1 Å². The Hall–Kier alpha value is -3.41. The fourth-order valence-electron chi connectivity index (χ4n) is 3.14. The van der Waals surface area contributed by atoms with Crippen LogP contribution < -0.4 is 4.90 Å². The Morgan fingerprint density at radius 2 is 1.96 bits per heavy atom. The van der Waals surface area contributed by atoms with Gasteiger partial charge in [0.1, 0.15) is 11.6 Å². The van der Waals surface area contributed by atoms with E-state index >= 15 is 0 Å². The summed E-state index contributed by atoms with van der Waals surface area (Å²) in [5.74, 6) is -0.891. The first-order valence-electron chi connectivity index (χ1n) is 8.50. The first kappa shape index (κ1) is 17.0. The number of carbonyl (C=O) groups excluding carboxylic acids is 2. The highest BCUT2D eigenvalue weighted by Crippen LogP contribution is 2.25. The lowest BCUT2D eigenvalue weighted by molar-refractivity contribution is -0.127. The highest BCUT2D eigenvalue weighted by atomic mass is 19.1. The van der Waals surface area contributed by atoms with Crippen molar-refractivity contribution in [2.75, 3.05) is 4.90 Å². The van der Waals surface area contributed by atoms with E-state index in [9.17, 15) is 14.0 Å². The molecule has 0 fully saturated rings. The fourth-order valence-corrected chi connectivity index (χ4v) is 3.14. The van der Waals surface area contributed by atoms with Crippen molar-refractivity contribution in [3.63, 3.8) is 0 Å². The number of hydrogen-bond acceptors (Lipinski definition) is 4. The van der Waals surface area contributed by atoms with Gasteiger partial charge in [-0.05, 0) is 42.0 Å². The van der Waals surface area contributed by atoms with E-state index in [0.717, 1.165) is 5.56 Å². The summed E-state index contributed by atoms with van der Waals surface area (Å²) in [5.41, 5.74) is 1.58. The second kappa shape index (κ2) is 7.07. The number of fused-ring (bicyclic) bond motifs is 1. The number of anilines is 1. The zero-order valence-corrected chi connectivity index (χ0v) is 14.3. The summed E-state index contributed by atoms with van der Waals surface area (Å²) in [6, 6.07) is 16.2. The summed E-state index contributed by atoms with van der Waals surface area (Å²) < 4.78 is 24.4. The third kappa shape index (κ3) is 3.46. The molecule has 1 aliphatic heterocycles. The summed E-state index contributed by atoms with van der Waals surface area (Å²) in [5, 5.41) is 0. The maximum atomic E-state index is 13.7. The van der Waals surface area contributed by atoms with Crippen molar-refractivity contribution in [2.24, 2.45) is 0 Å². The van der Waals surface area contributed by atoms with Crippen LogP contribution >= 0.6 is 0 Å². The van der Waals surface area contributed by atoms with E-state index in [2.05, 4.69) is 0 Å². The number of carbonyl (C=O) groups is 2. The van der Waals surface area contributed by atoms with Crippen LogP contribution in [0.4, 0.5) is 10.1 Å². The lowest BCUT2D eigenvalue weighted by Gasteiger charge is -2.29. The van der Waals surface area contributed by atoms with Crippen molar-refractivity contribution in [3.8, 4) is 0 Å². The van der Waals surface area contributed by atoms with E-state index in [0.29, 0.717) is 17.0 Å². The average Bonchev–Trinajstić information content (AvgIpc) is 3.19. The van der Waals surface area contributed by atoms with E-state index in [-0.39, 0.29) is 13.0 Å². The molecule has 1 amide bonds. The number of halogens is 1. The molecule has 2 aromatic carbocycles. The molecule has 0 saturated heterocycles. The molecule has 1 unspecified atom stereocenters. The summed E-state index contributed by atoms with van der Waals surface area (Å²) in [6.07, 6.45) is 0.788. The van der Waals surface area contributed by atoms with Crippen LogP contribution in [0.5, 0.6) is 0 Å². The number of esters is 1. The molecule has 1 aliphatic rings. The molecular weight excluding hydrogens is 349 g/mol. The summed E-state index contributed by atoms with van der Waals surface area (Å²) in [6.45, 7) is 0.102. The van der Waals surface area contributed by atoms with E-state index in [1.54, 1.807) is 36.4 Å². The van der Waals surface area contributed by atoms with Gasteiger partial charge in [-0.1, -0.05) is 24.3 Å². The van der Waals surface area contributed by atoms with Crippen LogP contribution in [0.1, 0.15) is 21.7 Å².